The summed E-state index contributed by atoms with van der Waals surface area (Å²) in [5.41, 5.74) is 0. The summed E-state index contributed by atoms with van der Waals surface area (Å²) in [7, 11) is 0. The minimum Gasteiger partial charge on any atom is -0.479 e. The second-order valence-corrected chi connectivity index (χ2v) is 4.22. The van der Waals surface area contributed by atoms with Crippen LogP contribution < -0.4 is 5.32 Å². The number of carboxylic acids is 1. The van der Waals surface area contributed by atoms with Gasteiger partial charge in [0, 0.05) is 6.54 Å². The Kier molecular flexibility index (Phi) is 5.73. The van der Waals surface area contributed by atoms with Gasteiger partial charge < -0.3 is 20.3 Å². The molecule has 1 rings (SSSR count). The molecular formula is C11H21NO4. The second kappa shape index (κ2) is 6.83. The number of carboxylic acid groups (broad SMARTS) is 1. The molecule has 0 aromatic carbocycles. The minimum atomic E-state index is -0.871. The highest BCUT2D eigenvalue weighted by atomic mass is 16.5. The van der Waals surface area contributed by atoms with Crippen molar-refractivity contribution in [1.82, 2.24) is 5.32 Å². The first kappa shape index (κ1) is 13.4. The summed E-state index contributed by atoms with van der Waals surface area (Å²) >= 11 is 0. The summed E-state index contributed by atoms with van der Waals surface area (Å²) in [5, 5.41) is 21.2. The second-order valence-electron chi connectivity index (χ2n) is 4.22. The van der Waals surface area contributed by atoms with Gasteiger partial charge >= 0.3 is 5.97 Å². The number of rotatable bonds is 7. The average Bonchev–Trinajstić information content (AvgIpc) is 2.72. The van der Waals surface area contributed by atoms with E-state index in [0.29, 0.717) is 13.0 Å². The van der Waals surface area contributed by atoms with Crippen molar-refractivity contribution in [3.05, 3.63) is 0 Å². The molecule has 94 valence electrons. The van der Waals surface area contributed by atoms with Crippen LogP contribution in [-0.4, -0.2) is 47.6 Å². The predicted molar refractivity (Wildman–Crippen MR) is 59.3 cm³/mol. The molecule has 0 radical (unpaired) electrons. The first-order chi connectivity index (χ1) is 7.63. The van der Waals surface area contributed by atoms with E-state index in [1.165, 1.54) is 0 Å². The molecule has 0 aliphatic carbocycles. The summed E-state index contributed by atoms with van der Waals surface area (Å²) in [5.74, 6) is -0.871. The van der Waals surface area contributed by atoms with E-state index in [2.05, 4.69) is 5.32 Å². The van der Waals surface area contributed by atoms with Crippen molar-refractivity contribution in [2.45, 2.75) is 50.9 Å². The standard InChI is InChI=1S/C11H21NO4/c1-2-8(13)5-6-12-7-9-3-4-10(16-9)11(14)15/h8-10,12-13H,2-7H2,1H3,(H,14,15). The smallest absolute Gasteiger partial charge is 0.332 e. The number of nitrogens with one attached hydrogen (secondary N) is 1. The van der Waals surface area contributed by atoms with Gasteiger partial charge in [-0.1, -0.05) is 6.92 Å². The van der Waals surface area contributed by atoms with Crippen LogP contribution in [0.3, 0.4) is 0 Å². The van der Waals surface area contributed by atoms with E-state index in [4.69, 9.17) is 9.84 Å². The van der Waals surface area contributed by atoms with Gasteiger partial charge in [-0.2, -0.15) is 0 Å². The van der Waals surface area contributed by atoms with Crippen molar-refractivity contribution >= 4 is 5.97 Å². The van der Waals surface area contributed by atoms with Crippen LogP contribution in [0.4, 0.5) is 0 Å². The van der Waals surface area contributed by atoms with E-state index in [1.54, 1.807) is 0 Å². The topological polar surface area (TPSA) is 78.8 Å². The van der Waals surface area contributed by atoms with Crippen molar-refractivity contribution in [3.8, 4) is 0 Å². The fourth-order valence-corrected chi connectivity index (χ4v) is 1.77. The Morgan fingerprint density at radius 3 is 2.88 bits per heavy atom. The Labute approximate surface area is 95.8 Å². The number of carbonyl (C=O) groups is 1. The molecule has 5 heteroatoms. The molecule has 5 nitrogen and oxygen atoms in total. The molecular weight excluding hydrogens is 210 g/mol. The summed E-state index contributed by atoms with van der Waals surface area (Å²) < 4.78 is 5.33. The highest BCUT2D eigenvalue weighted by molar-refractivity contribution is 5.72. The predicted octanol–water partition coefficient (Wildman–Crippen LogP) is 0.369. The number of hydrogen-bond acceptors (Lipinski definition) is 4. The van der Waals surface area contributed by atoms with Crippen LogP contribution in [0.1, 0.15) is 32.6 Å². The molecule has 0 aromatic rings. The molecule has 1 heterocycles. The molecule has 3 atom stereocenters. The molecule has 1 saturated heterocycles. The molecule has 0 spiro atoms. The number of aliphatic carboxylic acids is 1. The fraction of sp³-hybridized carbons (Fsp3) is 0.909. The maximum absolute atomic E-state index is 10.6. The van der Waals surface area contributed by atoms with E-state index < -0.39 is 12.1 Å². The first-order valence-corrected chi connectivity index (χ1v) is 5.90. The Morgan fingerprint density at radius 1 is 1.56 bits per heavy atom. The van der Waals surface area contributed by atoms with Crippen LogP contribution in [0.15, 0.2) is 0 Å². The van der Waals surface area contributed by atoms with E-state index in [0.717, 1.165) is 25.8 Å². The van der Waals surface area contributed by atoms with Gasteiger partial charge in [0.05, 0.1) is 12.2 Å². The minimum absolute atomic E-state index is 0.000121. The summed E-state index contributed by atoms with van der Waals surface area (Å²) in [6, 6.07) is 0. The van der Waals surface area contributed by atoms with Crippen LogP contribution in [0.5, 0.6) is 0 Å². The molecule has 1 fully saturated rings. The maximum Gasteiger partial charge on any atom is 0.332 e. The molecule has 3 unspecified atom stereocenters. The Hall–Kier alpha value is -0.650. The lowest BCUT2D eigenvalue weighted by Crippen LogP contribution is -2.30. The van der Waals surface area contributed by atoms with Gasteiger partial charge in [-0.05, 0) is 32.2 Å². The number of aliphatic hydroxyl groups is 1. The third-order valence-corrected chi connectivity index (χ3v) is 2.88. The zero-order valence-corrected chi connectivity index (χ0v) is 9.69. The van der Waals surface area contributed by atoms with Gasteiger partial charge in [-0.25, -0.2) is 4.79 Å². The van der Waals surface area contributed by atoms with E-state index in [1.807, 2.05) is 6.92 Å². The lowest BCUT2D eigenvalue weighted by Gasteiger charge is -2.13. The van der Waals surface area contributed by atoms with Crippen LogP contribution in [-0.2, 0) is 9.53 Å². The largest absolute Gasteiger partial charge is 0.479 e. The number of hydrogen-bond donors (Lipinski definition) is 3. The van der Waals surface area contributed by atoms with E-state index in [9.17, 15) is 9.90 Å². The molecule has 1 aliphatic heterocycles. The molecule has 1 aliphatic rings. The van der Waals surface area contributed by atoms with Gasteiger partial charge in [0.2, 0.25) is 0 Å². The van der Waals surface area contributed by atoms with Crippen LogP contribution in [0.25, 0.3) is 0 Å². The van der Waals surface area contributed by atoms with Gasteiger partial charge in [0.15, 0.2) is 6.10 Å². The highest BCUT2D eigenvalue weighted by Crippen LogP contribution is 2.19. The van der Waals surface area contributed by atoms with Gasteiger partial charge in [-0.15, -0.1) is 0 Å². The van der Waals surface area contributed by atoms with Crippen LogP contribution in [0, 0.1) is 0 Å². The summed E-state index contributed by atoms with van der Waals surface area (Å²) in [6.07, 6.45) is 2.00. The van der Waals surface area contributed by atoms with Gasteiger partial charge in [-0.3, -0.25) is 0 Å². The van der Waals surface area contributed by atoms with Crippen molar-refractivity contribution in [1.29, 1.82) is 0 Å². The van der Waals surface area contributed by atoms with E-state index in [-0.39, 0.29) is 12.2 Å². The van der Waals surface area contributed by atoms with Gasteiger partial charge in [0.1, 0.15) is 0 Å². The van der Waals surface area contributed by atoms with Crippen LogP contribution in [0.2, 0.25) is 0 Å². The highest BCUT2D eigenvalue weighted by Gasteiger charge is 2.29. The summed E-state index contributed by atoms with van der Waals surface area (Å²) in [4.78, 5) is 10.6. The lowest BCUT2D eigenvalue weighted by molar-refractivity contribution is -0.149. The number of aliphatic hydroxyl groups excluding tert-OH is 1. The maximum atomic E-state index is 10.6. The van der Waals surface area contributed by atoms with Crippen molar-refractivity contribution in [3.63, 3.8) is 0 Å². The lowest BCUT2D eigenvalue weighted by atomic mass is 10.2. The average molecular weight is 231 g/mol. The van der Waals surface area contributed by atoms with Crippen molar-refractivity contribution in [2.24, 2.45) is 0 Å². The zero-order valence-electron chi connectivity index (χ0n) is 9.69. The third kappa shape index (κ3) is 4.47. The Bertz CT molecular complexity index is 222. The molecule has 0 saturated carbocycles. The molecule has 0 amide bonds. The molecule has 3 N–H and O–H groups in total. The quantitative estimate of drug-likeness (QED) is 0.552. The first-order valence-electron chi connectivity index (χ1n) is 5.90. The zero-order chi connectivity index (χ0) is 12.0. The third-order valence-electron chi connectivity index (χ3n) is 2.88. The van der Waals surface area contributed by atoms with E-state index >= 15 is 0 Å². The molecule has 16 heavy (non-hydrogen) atoms. The molecule has 0 bridgehead atoms. The Balaban J connectivity index is 2.05. The normalized spacial score (nSPS) is 26.9. The fourth-order valence-electron chi connectivity index (χ4n) is 1.77. The summed E-state index contributed by atoms with van der Waals surface area (Å²) in [6.45, 7) is 3.36. The van der Waals surface area contributed by atoms with Crippen molar-refractivity contribution in [2.75, 3.05) is 13.1 Å². The monoisotopic (exact) mass is 231 g/mol. The molecule has 0 aromatic heterocycles. The van der Waals surface area contributed by atoms with Crippen LogP contribution >= 0.6 is 0 Å². The van der Waals surface area contributed by atoms with Crippen molar-refractivity contribution < 1.29 is 19.7 Å². The SMILES string of the molecule is CCC(O)CCNCC1CCC(C(=O)O)O1. The number of ether oxygens (including phenoxy) is 1. The Morgan fingerprint density at radius 2 is 2.31 bits per heavy atom. The van der Waals surface area contributed by atoms with Gasteiger partial charge in [0.25, 0.3) is 0 Å².